The Balaban J connectivity index is 0.000000266. The van der Waals surface area contributed by atoms with Crippen LogP contribution in [0.25, 0.3) is 16.9 Å². The number of benzene rings is 3. The van der Waals surface area contributed by atoms with E-state index in [2.05, 4.69) is 40.9 Å². The first-order chi connectivity index (χ1) is 33.8. The van der Waals surface area contributed by atoms with Crippen LogP contribution in [-0.2, 0) is 9.59 Å². The van der Waals surface area contributed by atoms with Gasteiger partial charge in [-0.05, 0) is 98.1 Å². The average Bonchev–Trinajstić information content (AvgIpc) is 4.15. The van der Waals surface area contributed by atoms with Gasteiger partial charge in [-0.1, -0.05) is 0 Å². The molecule has 0 unspecified atom stereocenters. The van der Waals surface area contributed by atoms with Gasteiger partial charge in [0.05, 0.1) is 14.2 Å². The third-order valence-corrected chi connectivity index (χ3v) is 9.18. The van der Waals surface area contributed by atoms with Crippen LogP contribution < -0.4 is 74.7 Å². The van der Waals surface area contributed by atoms with Crippen LogP contribution in [-0.4, -0.2) is 101 Å². The fourth-order valence-electron chi connectivity index (χ4n) is 6.27. The summed E-state index contributed by atoms with van der Waals surface area (Å²) in [4.78, 5) is 34.5. The summed E-state index contributed by atoms with van der Waals surface area (Å²) in [6, 6.07) is 27.2. The maximum atomic E-state index is 11.1. The van der Waals surface area contributed by atoms with Crippen molar-refractivity contribution in [3.05, 3.63) is 133 Å². The fraction of sp³-hybridized carbons (Fsp3) is 0.208. The molecule has 2 amide bonds. The molecule has 0 radical (unpaired) electrons. The van der Waals surface area contributed by atoms with Crippen LogP contribution in [0, 0.1) is 20.8 Å². The van der Waals surface area contributed by atoms with Crippen molar-refractivity contribution in [2.75, 3.05) is 51.9 Å². The number of amides is 2. The summed E-state index contributed by atoms with van der Waals surface area (Å²) in [6.07, 6.45) is 6.20. The summed E-state index contributed by atoms with van der Waals surface area (Å²) in [5.74, 6) is 4.95. The van der Waals surface area contributed by atoms with Crippen LogP contribution in [0.3, 0.4) is 0 Å². The minimum Gasteiger partial charge on any atom is -0.857 e. The third-order valence-electron chi connectivity index (χ3n) is 9.18. The van der Waals surface area contributed by atoms with Gasteiger partial charge in [0, 0.05) is 81.7 Å². The van der Waals surface area contributed by atoms with Gasteiger partial charge in [-0.3, -0.25) is 9.59 Å². The average molecular weight is 983 g/mol. The number of ether oxygens (including phenoxy) is 5. The van der Waals surface area contributed by atoms with Gasteiger partial charge in [-0.25, -0.2) is 19.5 Å². The van der Waals surface area contributed by atoms with Gasteiger partial charge in [0.2, 0.25) is 23.6 Å². The summed E-state index contributed by atoms with van der Waals surface area (Å²) in [7, 11) is 5.89. The van der Waals surface area contributed by atoms with Crippen molar-refractivity contribution in [3.63, 3.8) is 0 Å². The zero-order valence-electron chi connectivity index (χ0n) is 41.2. The predicted octanol–water partition coefficient (Wildman–Crippen LogP) is 3.20. The number of fused-ring (bicyclic) bond motifs is 3. The van der Waals surface area contributed by atoms with Gasteiger partial charge < -0.3 is 55.4 Å². The number of methoxy groups -OCH3 is 2. The second-order valence-corrected chi connectivity index (χ2v) is 14.1. The van der Waals surface area contributed by atoms with Gasteiger partial charge in [0.15, 0.2) is 16.9 Å². The number of aromatic nitrogens is 9. The van der Waals surface area contributed by atoms with Gasteiger partial charge in [-0.15, -0.1) is 0 Å². The van der Waals surface area contributed by atoms with Crippen LogP contribution in [0.5, 0.6) is 46.3 Å². The number of nitrogens with zero attached hydrogens (tertiary/aromatic N) is 9. The number of hydrogen-bond donors (Lipinski definition) is 5. The van der Waals surface area contributed by atoms with E-state index in [-0.39, 0.29) is 41.4 Å². The quantitative estimate of drug-likeness (QED) is 0.0971. The van der Waals surface area contributed by atoms with Gasteiger partial charge in [0.1, 0.15) is 53.5 Å². The molecule has 6 heterocycles. The second-order valence-electron chi connectivity index (χ2n) is 14.1. The molecule has 0 saturated carbocycles. The van der Waals surface area contributed by atoms with Crippen molar-refractivity contribution < 1.29 is 78.2 Å². The molecule has 9 rings (SSSR count). The Morgan fingerprint density at radius 1 is 0.549 bits per heavy atom. The van der Waals surface area contributed by atoms with E-state index >= 15 is 0 Å². The van der Waals surface area contributed by atoms with Crippen LogP contribution in [0.1, 0.15) is 30.5 Å². The number of aryl methyl sites for hydroxylation is 3. The largest absolute Gasteiger partial charge is 1.00 e. The van der Waals surface area contributed by atoms with E-state index in [9.17, 15) is 9.59 Å². The maximum absolute atomic E-state index is 11.1. The molecule has 23 heteroatoms. The molecular formula is C48H55N12NaO10. The third kappa shape index (κ3) is 16.1. The topological polar surface area (TPSA) is 284 Å². The number of anilines is 3. The molecule has 6 N–H and O–H groups in total. The van der Waals surface area contributed by atoms with Crippen LogP contribution in [0.2, 0.25) is 0 Å². The summed E-state index contributed by atoms with van der Waals surface area (Å²) in [5.41, 5.74) is 12.7. The van der Waals surface area contributed by atoms with E-state index in [4.69, 9.17) is 44.7 Å². The molecule has 71 heavy (non-hydrogen) atoms. The SMILES string of the molecule is CC(=O)Nc1ccc(Oc2ccn3ncnc3c2)c(C)c1.CO.CO.COc1cc(Oc2ccc(N)cc2C)cc2ncnn12.COc1cc(Oc2ccc(NC(C)=O)cc2C)cc2ncnn12.C[O-].[Na+]. The summed E-state index contributed by atoms with van der Waals surface area (Å²) < 4.78 is 33.0. The van der Waals surface area contributed by atoms with Crippen molar-refractivity contribution in [1.82, 2.24) is 43.8 Å². The van der Waals surface area contributed by atoms with Crippen molar-refractivity contribution in [3.8, 4) is 46.3 Å². The minimum absolute atomic E-state index is 0. The number of carbonyl (C=O) groups excluding carboxylic acids is 2. The molecular weight excluding hydrogens is 928 g/mol. The summed E-state index contributed by atoms with van der Waals surface area (Å²) in [5, 5.41) is 39.9. The van der Waals surface area contributed by atoms with E-state index in [0.717, 1.165) is 66.5 Å². The minimum atomic E-state index is -0.111. The van der Waals surface area contributed by atoms with Crippen molar-refractivity contribution >= 4 is 45.8 Å². The Hall–Kier alpha value is -7.86. The number of rotatable bonds is 10. The van der Waals surface area contributed by atoms with Gasteiger partial charge in [-0.2, -0.15) is 31.4 Å². The molecule has 0 spiro atoms. The molecule has 0 aliphatic rings. The zero-order chi connectivity index (χ0) is 51.3. The Morgan fingerprint density at radius 2 is 0.944 bits per heavy atom. The zero-order valence-corrected chi connectivity index (χ0v) is 43.2. The molecule has 0 atom stereocenters. The molecule has 368 valence electrons. The van der Waals surface area contributed by atoms with Crippen molar-refractivity contribution in [2.24, 2.45) is 0 Å². The second kappa shape index (κ2) is 28.6. The van der Waals surface area contributed by atoms with Crippen LogP contribution >= 0.6 is 0 Å². The molecule has 0 saturated heterocycles. The Bertz CT molecular complexity index is 3120. The number of pyridine rings is 3. The molecule has 0 aliphatic heterocycles. The summed E-state index contributed by atoms with van der Waals surface area (Å²) >= 11 is 0. The van der Waals surface area contributed by atoms with E-state index < -0.39 is 0 Å². The number of nitrogens with one attached hydrogen (secondary N) is 2. The van der Waals surface area contributed by atoms with Crippen LogP contribution in [0.4, 0.5) is 17.1 Å². The Labute approximate surface area is 431 Å². The van der Waals surface area contributed by atoms with E-state index in [1.165, 1.54) is 32.8 Å². The first-order valence-corrected chi connectivity index (χ1v) is 20.9. The van der Waals surface area contributed by atoms with Gasteiger partial charge in [0.25, 0.3) is 0 Å². The molecule has 0 fully saturated rings. The van der Waals surface area contributed by atoms with E-state index in [0.29, 0.717) is 51.7 Å². The number of aliphatic hydroxyl groups is 2. The predicted molar refractivity (Wildman–Crippen MR) is 261 cm³/mol. The Morgan fingerprint density at radius 3 is 1.37 bits per heavy atom. The normalized spacial score (nSPS) is 9.82. The Kier molecular flexibility index (Phi) is 23.1. The number of carbonyl (C=O) groups is 2. The number of hydrogen-bond acceptors (Lipinski definition) is 17. The maximum Gasteiger partial charge on any atom is 1.00 e. The molecule has 3 aromatic carbocycles. The first kappa shape index (κ1) is 57.5. The monoisotopic (exact) mass is 982 g/mol. The van der Waals surface area contributed by atoms with Gasteiger partial charge >= 0.3 is 29.6 Å². The standard InChI is InChI=1S/C16H16N4O3.C15H14N4O2.C14H14N4O2.2CH4O.CH3O.Na/c1-10-6-12(19-11(2)21)4-5-14(10)23-13-7-15-17-9-18-20(15)16(8-13)22-3;1-10-7-12(18-11(2)20)3-4-14(10)21-13-5-6-19-15(8-13)16-9-17-19;1-9-5-10(15)3-4-12(9)20-11-6-13-16-8-17-18(13)14(7-11)19-2;3*1-2;/h4-9H,1-3H3,(H,19,21);3-9H,1-2H3,(H,18,20);3-8H,15H2,1-2H3;2*2H,1H3;1H3;/q;;;;;-1;+1. The molecule has 0 bridgehead atoms. The molecule has 22 nitrogen and oxygen atoms in total. The van der Waals surface area contributed by atoms with Crippen LogP contribution in [0.15, 0.2) is 116 Å². The fourth-order valence-corrected chi connectivity index (χ4v) is 6.27. The van der Waals surface area contributed by atoms with E-state index in [1.807, 2.05) is 63.2 Å². The number of aliphatic hydroxyl groups excluding tert-OH is 2. The van der Waals surface area contributed by atoms with Crippen molar-refractivity contribution in [1.29, 1.82) is 0 Å². The molecule has 6 aromatic heterocycles. The smallest absolute Gasteiger partial charge is 0.857 e. The number of nitrogens with two attached hydrogens (primary N) is 1. The molecule has 0 aliphatic carbocycles. The summed E-state index contributed by atoms with van der Waals surface area (Å²) in [6.45, 7) is 8.73. The number of nitrogen functional groups attached to an aromatic ring is 1. The molecule has 9 aromatic rings. The van der Waals surface area contributed by atoms with E-state index in [1.54, 1.807) is 82.5 Å². The van der Waals surface area contributed by atoms with Crippen molar-refractivity contribution in [2.45, 2.75) is 34.6 Å². The first-order valence-electron chi connectivity index (χ1n) is 20.9.